The van der Waals surface area contributed by atoms with E-state index in [1.54, 1.807) is 7.11 Å². The van der Waals surface area contributed by atoms with Crippen LogP contribution in [0.2, 0.25) is 0 Å². The maximum Gasteiger partial charge on any atom is 0.126 e. The van der Waals surface area contributed by atoms with E-state index in [2.05, 4.69) is 19.1 Å². The predicted octanol–water partition coefficient (Wildman–Crippen LogP) is 3.51. The highest BCUT2D eigenvalue weighted by Gasteiger charge is 2.06. The summed E-state index contributed by atoms with van der Waals surface area (Å²) in [4.78, 5) is 0. The first-order valence-corrected chi connectivity index (χ1v) is 5.77. The Labute approximate surface area is 102 Å². The first-order chi connectivity index (χ1) is 8.24. The number of nitrogens with two attached hydrogens (primary N) is 1. The quantitative estimate of drug-likeness (QED) is 0.814. The van der Waals surface area contributed by atoms with Gasteiger partial charge in [-0.2, -0.15) is 0 Å². The van der Waals surface area contributed by atoms with Gasteiger partial charge in [-0.1, -0.05) is 25.1 Å². The van der Waals surface area contributed by atoms with Crippen LogP contribution in [0, 0.1) is 0 Å². The van der Waals surface area contributed by atoms with Crippen molar-refractivity contribution in [2.45, 2.75) is 13.3 Å². The Morgan fingerprint density at radius 3 is 2.59 bits per heavy atom. The molecule has 0 aliphatic heterocycles. The van der Waals surface area contributed by atoms with E-state index in [4.69, 9.17) is 10.5 Å². The molecule has 88 valence electrons. The molecule has 17 heavy (non-hydrogen) atoms. The molecule has 0 aliphatic carbocycles. The number of ether oxygens (including phenoxy) is 1. The van der Waals surface area contributed by atoms with Crippen LogP contribution < -0.4 is 10.5 Å². The molecule has 0 aliphatic rings. The van der Waals surface area contributed by atoms with E-state index >= 15 is 0 Å². The molecule has 0 amide bonds. The summed E-state index contributed by atoms with van der Waals surface area (Å²) in [6.07, 6.45) is 1.01. The van der Waals surface area contributed by atoms with Gasteiger partial charge in [-0.15, -0.1) is 0 Å². The van der Waals surface area contributed by atoms with Gasteiger partial charge in [0.1, 0.15) is 5.75 Å². The molecule has 2 aromatic rings. The summed E-state index contributed by atoms with van der Waals surface area (Å²) >= 11 is 0. The van der Waals surface area contributed by atoms with Crippen molar-refractivity contribution in [1.82, 2.24) is 0 Å². The lowest BCUT2D eigenvalue weighted by molar-refractivity contribution is 0.416. The fraction of sp³-hybridized carbons (Fsp3) is 0.200. The van der Waals surface area contributed by atoms with Crippen LogP contribution in [0.5, 0.6) is 5.75 Å². The third kappa shape index (κ3) is 2.41. The van der Waals surface area contributed by atoms with E-state index < -0.39 is 0 Å². The van der Waals surface area contributed by atoms with Crippen LogP contribution in [0.4, 0.5) is 5.69 Å². The van der Waals surface area contributed by atoms with Gasteiger partial charge in [0.2, 0.25) is 0 Å². The smallest absolute Gasteiger partial charge is 0.126 e. The van der Waals surface area contributed by atoms with E-state index in [-0.39, 0.29) is 0 Å². The average Bonchev–Trinajstić information content (AvgIpc) is 2.38. The van der Waals surface area contributed by atoms with Crippen LogP contribution in [0.25, 0.3) is 11.1 Å². The number of benzene rings is 2. The van der Waals surface area contributed by atoms with Crippen LogP contribution in [-0.4, -0.2) is 7.11 Å². The Morgan fingerprint density at radius 1 is 1.12 bits per heavy atom. The molecule has 0 spiro atoms. The SMILES string of the molecule is CCc1ccc(OC)c(-c2cccc(N)c2)c1. The van der Waals surface area contributed by atoms with E-state index in [1.165, 1.54) is 5.56 Å². The number of methoxy groups -OCH3 is 1. The fourth-order valence-electron chi connectivity index (χ4n) is 1.91. The van der Waals surface area contributed by atoms with Gasteiger partial charge in [0.25, 0.3) is 0 Å². The van der Waals surface area contributed by atoms with Gasteiger partial charge < -0.3 is 10.5 Å². The molecule has 0 radical (unpaired) electrons. The molecular formula is C15H17NO. The Bertz CT molecular complexity index is 520. The number of aryl methyl sites for hydroxylation is 1. The van der Waals surface area contributed by atoms with Crippen LogP contribution in [0.15, 0.2) is 42.5 Å². The standard InChI is InChI=1S/C15H17NO/c1-3-11-7-8-15(17-2)14(9-11)12-5-4-6-13(16)10-12/h4-10H,3,16H2,1-2H3. The van der Waals surface area contributed by atoms with Crippen molar-refractivity contribution in [3.8, 4) is 16.9 Å². The van der Waals surface area contributed by atoms with Crippen molar-refractivity contribution in [3.05, 3.63) is 48.0 Å². The Hall–Kier alpha value is -1.96. The number of rotatable bonds is 3. The lowest BCUT2D eigenvalue weighted by Crippen LogP contribution is -1.91. The normalized spacial score (nSPS) is 10.2. The summed E-state index contributed by atoms with van der Waals surface area (Å²) in [5.74, 6) is 0.882. The molecule has 0 saturated heterocycles. The van der Waals surface area contributed by atoms with Gasteiger partial charge >= 0.3 is 0 Å². The summed E-state index contributed by atoms with van der Waals surface area (Å²) in [5, 5.41) is 0. The maximum atomic E-state index is 5.82. The minimum absolute atomic E-state index is 0.770. The van der Waals surface area contributed by atoms with Gasteiger partial charge in [0.05, 0.1) is 7.11 Å². The summed E-state index contributed by atoms with van der Waals surface area (Å²) in [5.41, 5.74) is 10.1. The van der Waals surface area contributed by atoms with Crippen LogP contribution in [-0.2, 0) is 6.42 Å². The second-order valence-electron chi connectivity index (χ2n) is 4.01. The second kappa shape index (κ2) is 4.91. The zero-order valence-electron chi connectivity index (χ0n) is 10.2. The highest BCUT2D eigenvalue weighted by atomic mass is 16.5. The van der Waals surface area contributed by atoms with Crippen molar-refractivity contribution in [1.29, 1.82) is 0 Å². The third-order valence-corrected chi connectivity index (χ3v) is 2.87. The highest BCUT2D eigenvalue weighted by molar-refractivity contribution is 5.73. The van der Waals surface area contributed by atoms with Crippen molar-refractivity contribution in [2.24, 2.45) is 0 Å². The molecule has 0 atom stereocenters. The number of hydrogen-bond donors (Lipinski definition) is 1. The number of anilines is 1. The van der Waals surface area contributed by atoms with Crippen LogP contribution in [0.1, 0.15) is 12.5 Å². The Balaban J connectivity index is 2.56. The van der Waals surface area contributed by atoms with Crippen molar-refractivity contribution in [3.63, 3.8) is 0 Å². The molecule has 2 heteroatoms. The average molecular weight is 227 g/mol. The summed E-state index contributed by atoms with van der Waals surface area (Å²) in [6.45, 7) is 2.14. The molecule has 2 N–H and O–H groups in total. The van der Waals surface area contributed by atoms with Crippen LogP contribution >= 0.6 is 0 Å². The molecule has 0 saturated carbocycles. The molecule has 2 nitrogen and oxygen atoms in total. The minimum Gasteiger partial charge on any atom is -0.496 e. The minimum atomic E-state index is 0.770. The molecule has 0 unspecified atom stereocenters. The van der Waals surface area contributed by atoms with Gasteiger partial charge in [0, 0.05) is 11.3 Å². The largest absolute Gasteiger partial charge is 0.496 e. The van der Waals surface area contributed by atoms with Crippen molar-refractivity contribution < 1.29 is 4.74 Å². The van der Waals surface area contributed by atoms with E-state index in [9.17, 15) is 0 Å². The first-order valence-electron chi connectivity index (χ1n) is 5.77. The second-order valence-corrected chi connectivity index (χ2v) is 4.01. The topological polar surface area (TPSA) is 35.2 Å². The lowest BCUT2D eigenvalue weighted by Gasteiger charge is -2.11. The Morgan fingerprint density at radius 2 is 1.94 bits per heavy atom. The number of nitrogen functional groups attached to an aromatic ring is 1. The summed E-state index contributed by atoms with van der Waals surface area (Å²) < 4.78 is 5.40. The zero-order valence-corrected chi connectivity index (χ0v) is 10.2. The molecule has 2 aromatic carbocycles. The van der Waals surface area contributed by atoms with E-state index in [0.717, 1.165) is 29.0 Å². The Kier molecular flexibility index (Phi) is 3.33. The van der Waals surface area contributed by atoms with E-state index in [0.29, 0.717) is 0 Å². The van der Waals surface area contributed by atoms with Crippen molar-refractivity contribution >= 4 is 5.69 Å². The van der Waals surface area contributed by atoms with Gasteiger partial charge in [-0.25, -0.2) is 0 Å². The van der Waals surface area contributed by atoms with Gasteiger partial charge in [-0.3, -0.25) is 0 Å². The van der Waals surface area contributed by atoms with Crippen LogP contribution in [0.3, 0.4) is 0 Å². The molecule has 2 rings (SSSR count). The van der Waals surface area contributed by atoms with E-state index in [1.807, 2.05) is 30.3 Å². The predicted molar refractivity (Wildman–Crippen MR) is 72.2 cm³/mol. The van der Waals surface area contributed by atoms with Gasteiger partial charge in [-0.05, 0) is 41.8 Å². The number of hydrogen-bond acceptors (Lipinski definition) is 2. The molecule has 0 heterocycles. The highest BCUT2D eigenvalue weighted by Crippen LogP contribution is 2.31. The van der Waals surface area contributed by atoms with Crippen molar-refractivity contribution in [2.75, 3.05) is 12.8 Å². The monoisotopic (exact) mass is 227 g/mol. The summed E-state index contributed by atoms with van der Waals surface area (Å²) in [6, 6.07) is 14.1. The molecule has 0 aromatic heterocycles. The molecular weight excluding hydrogens is 210 g/mol. The molecule has 0 fully saturated rings. The van der Waals surface area contributed by atoms with Gasteiger partial charge in [0.15, 0.2) is 0 Å². The first kappa shape index (κ1) is 11.5. The fourth-order valence-corrected chi connectivity index (χ4v) is 1.91. The zero-order chi connectivity index (χ0) is 12.3. The third-order valence-electron chi connectivity index (χ3n) is 2.87. The maximum absolute atomic E-state index is 5.82. The summed E-state index contributed by atoms with van der Waals surface area (Å²) in [7, 11) is 1.69. The lowest BCUT2D eigenvalue weighted by atomic mass is 10.0. The molecule has 0 bridgehead atoms.